The van der Waals surface area contributed by atoms with Gasteiger partial charge in [0.2, 0.25) is 0 Å². The summed E-state index contributed by atoms with van der Waals surface area (Å²) in [5, 5.41) is 0. The van der Waals surface area contributed by atoms with E-state index in [1.54, 1.807) is 0 Å². The van der Waals surface area contributed by atoms with Gasteiger partial charge in [-0.3, -0.25) is 4.57 Å². The minimum atomic E-state index is -0.553. The first-order valence-electron chi connectivity index (χ1n) is 16.1. The van der Waals surface area contributed by atoms with Crippen LogP contribution in [0.15, 0.2) is 180 Å². The van der Waals surface area contributed by atoms with Crippen LogP contribution in [0.3, 0.4) is 0 Å². The molecule has 0 fully saturated rings. The van der Waals surface area contributed by atoms with Gasteiger partial charge in [-0.1, -0.05) is 139 Å². The van der Waals surface area contributed by atoms with E-state index in [1.165, 1.54) is 54.3 Å². The molecule has 0 saturated heterocycles. The van der Waals surface area contributed by atoms with Crippen LogP contribution in [-0.4, -0.2) is 9.55 Å². The zero-order valence-corrected chi connectivity index (χ0v) is 26.3. The van der Waals surface area contributed by atoms with Gasteiger partial charge in [0.15, 0.2) is 0 Å². The number of imidazole rings is 1. The van der Waals surface area contributed by atoms with Crippen molar-refractivity contribution in [3.8, 4) is 39.3 Å². The van der Waals surface area contributed by atoms with E-state index in [9.17, 15) is 0 Å². The third-order valence-corrected chi connectivity index (χ3v) is 11.0. The fraction of sp³-hybridized carbons (Fsp3) is 0.0227. The Morgan fingerprint density at radius 3 is 1.72 bits per heavy atom. The predicted molar refractivity (Wildman–Crippen MR) is 193 cm³/mol. The lowest BCUT2D eigenvalue weighted by Crippen LogP contribution is -2.34. The van der Waals surface area contributed by atoms with Gasteiger partial charge >= 0.3 is 0 Å². The van der Waals surface area contributed by atoms with Gasteiger partial charge in [0, 0.05) is 21.0 Å². The smallest absolute Gasteiger partial charge is 0.145 e. The third-order valence-electron chi connectivity index (χ3n) is 9.90. The summed E-state index contributed by atoms with van der Waals surface area (Å²) in [6.07, 6.45) is 0. The van der Waals surface area contributed by atoms with E-state index in [0.717, 1.165) is 28.1 Å². The van der Waals surface area contributed by atoms with E-state index in [-0.39, 0.29) is 0 Å². The average molecular weight is 617 g/mol. The lowest BCUT2D eigenvalue weighted by molar-refractivity contribution is 0.708. The van der Waals surface area contributed by atoms with Crippen LogP contribution in [0, 0.1) is 0 Å². The minimum absolute atomic E-state index is 0.553. The van der Waals surface area contributed by atoms with Gasteiger partial charge in [0.05, 0.1) is 16.4 Å². The van der Waals surface area contributed by atoms with E-state index in [2.05, 4.69) is 174 Å². The molecule has 1 aliphatic carbocycles. The van der Waals surface area contributed by atoms with Crippen molar-refractivity contribution in [1.29, 1.82) is 0 Å². The van der Waals surface area contributed by atoms with E-state index in [1.807, 2.05) is 11.8 Å². The number of rotatable bonds is 2. The number of para-hydroxylation sites is 3. The average Bonchev–Trinajstić information content (AvgIpc) is 3.49. The van der Waals surface area contributed by atoms with E-state index >= 15 is 0 Å². The van der Waals surface area contributed by atoms with Crippen molar-refractivity contribution in [2.75, 3.05) is 0 Å². The molecule has 220 valence electrons. The van der Waals surface area contributed by atoms with Gasteiger partial charge in [0.1, 0.15) is 5.82 Å². The van der Waals surface area contributed by atoms with E-state index in [4.69, 9.17) is 4.98 Å². The quantitative estimate of drug-likeness (QED) is 0.192. The molecule has 2 aliphatic rings. The lowest BCUT2D eigenvalue weighted by Gasteiger charge is -2.42. The van der Waals surface area contributed by atoms with Gasteiger partial charge < -0.3 is 0 Å². The SMILES string of the molecule is c1ccc(-n2c(-c3ccc4c(c3)C3(c5ccccc5Sc5ccccc53)c3ccccc3-c3ccccc3-4)nc3ccccc32)cc1. The summed E-state index contributed by atoms with van der Waals surface area (Å²) in [5.41, 5.74) is 14.0. The number of fused-ring (bicyclic) bond motifs is 12. The number of hydrogen-bond acceptors (Lipinski definition) is 2. The van der Waals surface area contributed by atoms with Crippen molar-refractivity contribution >= 4 is 22.8 Å². The standard InChI is InChI=1S/C44H28N2S/c1-2-14-30(15-3-1)46-40-23-11-10-22-39(40)45-43(46)29-26-27-34-32-17-5-4-16-31(32)33-18-6-7-19-35(33)44(38(34)28-29)36-20-8-12-24-41(36)47-42-25-13-9-21-37(42)44/h1-28H. The zero-order chi connectivity index (χ0) is 31.0. The Hall–Kier alpha value is -5.64. The fourth-order valence-electron chi connectivity index (χ4n) is 8.00. The van der Waals surface area contributed by atoms with Crippen molar-refractivity contribution in [3.05, 3.63) is 192 Å². The van der Waals surface area contributed by atoms with Crippen LogP contribution >= 0.6 is 11.8 Å². The molecule has 1 aliphatic heterocycles. The molecule has 0 saturated carbocycles. The van der Waals surface area contributed by atoms with Crippen LogP contribution < -0.4 is 0 Å². The van der Waals surface area contributed by atoms with Gasteiger partial charge in [-0.2, -0.15) is 0 Å². The van der Waals surface area contributed by atoms with Crippen LogP contribution in [0.25, 0.3) is 50.4 Å². The second-order valence-corrected chi connectivity index (χ2v) is 13.4. The normalized spacial score (nSPS) is 13.6. The van der Waals surface area contributed by atoms with Crippen LogP contribution in [0.1, 0.15) is 22.3 Å². The molecule has 0 atom stereocenters. The fourth-order valence-corrected chi connectivity index (χ4v) is 9.20. The molecule has 0 unspecified atom stereocenters. The molecule has 1 aromatic heterocycles. The number of hydrogen-bond donors (Lipinski definition) is 0. The Kier molecular flexibility index (Phi) is 5.76. The Balaban J connectivity index is 1.38. The molecule has 0 N–H and O–H groups in total. The molecule has 2 heterocycles. The molecule has 7 aromatic carbocycles. The molecular formula is C44H28N2S. The molecule has 8 aromatic rings. The maximum Gasteiger partial charge on any atom is 0.145 e. The van der Waals surface area contributed by atoms with Gasteiger partial charge in [0.25, 0.3) is 0 Å². The summed E-state index contributed by atoms with van der Waals surface area (Å²) in [5.74, 6) is 0.938. The Labute approximate surface area is 278 Å². The first-order chi connectivity index (χ1) is 23.3. The topological polar surface area (TPSA) is 17.8 Å². The molecule has 10 rings (SSSR count). The van der Waals surface area contributed by atoms with Crippen molar-refractivity contribution < 1.29 is 0 Å². The Morgan fingerprint density at radius 2 is 1.00 bits per heavy atom. The first kappa shape index (κ1) is 26.6. The molecule has 0 bridgehead atoms. The van der Waals surface area contributed by atoms with E-state index < -0.39 is 5.41 Å². The highest BCUT2D eigenvalue weighted by Gasteiger charge is 2.48. The van der Waals surface area contributed by atoms with Crippen LogP contribution in [-0.2, 0) is 5.41 Å². The summed E-state index contributed by atoms with van der Waals surface area (Å²) in [7, 11) is 0. The Morgan fingerprint density at radius 1 is 0.447 bits per heavy atom. The minimum Gasteiger partial charge on any atom is -0.292 e. The maximum absolute atomic E-state index is 5.30. The Bertz CT molecular complexity index is 2460. The highest BCUT2D eigenvalue weighted by molar-refractivity contribution is 7.99. The van der Waals surface area contributed by atoms with Crippen molar-refractivity contribution in [2.24, 2.45) is 0 Å². The predicted octanol–water partition coefficient (Wildman–Crippen LogP) is 11.2. The highest BCUT2D eigenvalue weighted by atomic mass is 32.2. The van der Waals surface area contributed by atoms with Gasteiger partial charge in [-0.15, -0.1) is 0 Å². The molecule has 0 amide bonds. The summed E-state index contributed by atoms with van der Waals surface area (Å²) >= 11 is 1.88. The molecule has 0 radical (unpaired) electrons. The number of aromatic nitrogens is 2. The molecule has 47 heavy (non-hydrogen) atoms. The number of benzene rings is 7. The summed E-state index contributed by atoms with van der Waals surface area (Å²) in [4.78, 5) is 7.88. The maximum atomic E-state index is 5.30. The molecule has 2 nitrogen and oxygen atoms in total. The second-order valence-electron chi connectivity index (χ2n) is 12.3. The summed E-state index contributed by atoms with van der Waals surface area (Å²) < 4.78 is 2.31. The molecule has 1 spiro atoms. The van der Waals surface area contributed by atoms with Crippen molar-refractivity contribution in [3.63, 3.8) is 0 Å². The summed E-state index contributed by atoms with van der Waals surface area (Å²) in [6.45, 7) is 0. The van der Waals surface area contributed by atoms with E-state index in [0.29, 0.717) is 0 Å². The molecular weight excluding hydrogens is 589 g/mol. The van der Waals surface area contributed by atoms with Gasteiger partial charge in [-0.05, 0) is 87.0 Å². The van der Waals surface area contributed by atoms with Crippen LogP contribution in [0.5, 0.6) is 0 Å². The molecule has 3 heteroatoms. The number of nitrogens with zero attached hydrogens (tertiary/aromatic N) is 2. The van der Waals surface area contributed by atoms with Gasteiger partial charge in [-0.25, -0.2) is 4.98 Å². The van der Waals surface area contributed by atoms with Crippen molar-refractivity contribution in [1.82, 2.24) is 9.55 Å². The zero-order valence-electron chi connectivity index (χ0n) is 25.5. The van der Waals surface area contributed by atoms with Crippen LogP contribution in [0.2, 0.25) is 0 Å². The monoisotopic (exact) mass is 616 g/mol. The third kappa shape index (κ3) is 3.72. The first-order valence-corrected chi connectivity index (χ1v) is 16.9. The summed E-state index contributed by atoms with van der Waals surface area (Å²) in [6, 6.07) is 62.1. The lowest BCUT2D eigenvalue weighted by atomic mass is 9.63. The van der Waals surface area contributed by atoms with Crippen LogP contribution in [0.4, 0.5) is 0 Å². The largest absolute Gasteiger partial charge is 0.292 e. The second kappa shape index (κ2) is 10.2. The van der Waals surface area contributed by atoms with Crippen molar-refractivity contribution in [2.45, 2.75) is 15.2 Å². The highest BCUT2D eigenvalue weighted by Crippen LogP contribution is 2.61.